The highest BCUT2D eigenvalue weighted by Crippen LogP contribution is 2.35. The zero-order chi connectivity index (χ0) is 65.1. The molecule has 0 aliphatic heterocycles. The number of amides is 5. The van der Waals surface area contributed by atoms with Gasteiger partial charge in [-0.15, -0.1) is 0 Å². The summed E-state index contributed by atoms with van der Waals surface area (Å²) >= 11 is 4.82. The van der Waals surface area contributed by atoms with E-state index < -0.39 is 18.5 Å². The van der Waals surface area contributed by atoms with Gasteiger partial charge in [-0.1, -0.05) is 132 Å². The number of ether oxygens (including phenoxy) is 2. The maximum Gasteiger partial charge on any atom is 0.373 e. The van der Waals surface area contributed by atoms with Gasteiger partial charge in [-0.2, -0.15) is 19.8 Å². The molecule has 90 heavy (non-hydrogen) atoms. The van der Waals surface area contributed by atoms with Crippen molar-refractivity contribution in [1.82, 2.24) is 29.5 Å². The van der Waals surface area contributed by atoms with Gasteiger partial charge in [0.05, 0.1) is 34.1 Å². The van der Waals surface area contributed by atoms with Crippen molar-refractivity contribution in [2.75, 3.05) is 38.9 Å². The number of aromatic nitrogens is 6. The number of pyridine rings is 2. The highest BCUT2D eigenvalue weighted by Gasteiger charge is 2.24. The van der Waals surface area contributed by atoms with Crippen molar-refractivity contribution >= 4 is 97.2 Å². The smallest absolute Gasteiger partial charge is 0.373 e. The zero-order valence-corrected chi connectivity index (χ0v) is 52.1. The lowest BCUT2D eigenvalue weighted by Crippen LogP contribution is -2.21. The number of hydrogen-bond donors (Lipinski definition) is 7. The molecule has 22 heteroatoms. The fourth-order valence-corrected chi connectivity index (χ4v) is 8.71. The molecule has 21 nitrogen and oxygen atoms in total. The summed E-state index contributed by atoms with van der Waals surface area (Å²) in [5, 5.41) is 36.2. The van der Waals surface area contributed by atoms with E-state index in [9.17, 15) is 19.2 Å². The molecule has 0 spiro atoms. The number of nitrogens with zero attached hydrogens (tertiary/aromatic N) is 6. The first-order valence-electron chi connectivity index (χ1n) is 28.5. The summed E-state index contributed by atoms with van der Waals surface area (Å²) in [6, 6.07) is 48.9. The largest absolute Gasteiger partial charge is 0.488 e. The molecule has 464 valence electrons. The molecule has 5 amide bonds. The van der Waals surface area contributed by atoms with E-state index >= 15 is 0 Å². The van der Waals surface area contributed by atoms with Gasteiger partial charge >= 0.3 is 18.2 Å². The van der Waals surface area contributed by atoms with Crippen LogP contribution < -0.4 is 41.8 Å². The lowest BCUT2D eigenvalue weighted by atomic mass is 9.92. The van der Waals surface area contributed by atoms with E-state index in [0.29, 0.717) is 59.2 Å². The Hall–Kier alpha value is -10.7. The van der Waals surface area contributed by atoms with Gasteiger partial charge in [0.1, 0.15) is 54.6 Å². The molecule has 0 bridgehead atoms. The Morgan fingerprint density at radius 3 is 1.34 bits per heavy atom. The lowest BCUT2D eigenvalue weighted by Gasteiger charge is -2.15. The molecule has 4 aromatic heterocycles. The monoisotopic (exact) mass is 1230 g/mol. The van der Waals surface area contributed by atoms with E-state index in [-0.39, 0.29) is 34.9 Å². The number of aliphatic hydroxyl groups is 1. The van der Waals surface area contributed by atoms with Crippen molar-refractivity contribution in [2.45, 2.75) is 92.8 Å². The van der Waals surface area contributed by atoms with Gasteiger partial charge in [0.2, 0.25) is 5.24 Å². The lowest BCUT2D eigenvalue weighted by molar-refractivity contribution is -0.191. The molecule has 0 atom stereocenters. The van der Waals surface area contributed by atoms with Crippen LogP contribution in [0.15, 0.2) is 170 Å². The summed E-state index contributed by atoms with van der Waals surface area (Å²) < 4.78 is 15.7. The van der Waals surface area contributed by atoms with Crippen LogP contribution in [0, 0.1) is 13.8 Å². The molecule has 6 aromatic carbocycles. The predicted octanol–water partition coefficient (Wildman–Crippen LogP) is 13.6. The van der Waals surface area contributed by atoms with Crippen LogP contribution in [0.2, 0.25) is 0 Å². The number of nitrogen functional groups attached to an aromatic ring is 1. The van der Waals surface area contributed by atoms with Gasteiger partial charge in [-0.05, 0) is 109 Å². The van der Waals surface area contributed by atoms with E-state index in [1.807, 2.05) is 147 Å². The Bertz CT molecular complexity index is 4170. The fraction of sp³-hybridized carbons (Fsp3) is 0.221. The van der Waals surface area contributed by atoms with Gasteiger partial charge in [0.25, 0.3) is 5.91 Å². The standard InChI is InChI=1S/C33H34N6O4.C31H32N6O2.C3H5ClO.CO2/c1-21-9-11-23(12-10-21)39-30(18-28(38-39)33(2,3)4)37-32(42)35-26-13-14-27(25-8-6-5-7-24(25)26)43-20-22-15-16-34-29(17-22)36-31(41)19-40;1-20-9-11-22(12-10-20)37-29(18-27(36-37)31(2,3)4)35-30(38)34-25-13-14-26(24-8-6-5-7-23(24)25)39-19-21-15-16-33-28(32)17-21;1-2-3(4)5;2-1-3/h5-18,40H,19-20H2,1-4H3,(H,34,36,41)(H2,35,37,42);5-18H,19H2,1-4H3,(H2,32,33)(H2,34,35,38);2H2,1H3;. The molecule has 0 aliphatic rings. The van der Waals surface area contributed by atoms with Crippen LogP contribution in [0.25, 0.3) is 32.9 Å². The maximum atomic E-state index is 13.3. The first-order chi connectivity index (χ1) is 43.0. The summed E-state index contributed by atoms with van der Waals surface area (Å²) in [5.74, 6) is 2.71. The highest BCUT2D eigenvalue weighted by atomic mass is 35.5. The van der Waals surface area contributed by atoms with Crippen molar-refractivity contribution in [2.24, 2.45) is 0 Å². The first kappa shape index (κ1) is 66.8. The van der Waals surface area contributed by atoms with Crippen molar-refractivity contribution in [3.05, 3.63) is 204 Å². The van der Waals surface area contributed by atoms with Crippen LogP contribution in [-0.4, -0.2) is 70.6 Å². The molecule has 0 saturated carbocycles. The zero-order valence-electron chi connectivity index (χ0n) is 51.3. The quantitative estimate of drug-likeness (QED) is 0.0470. The second kappa shape index (κ2) is 30.8. The van der Waals surface area contributed by atoms with Crippen LogP contribution in [0.4, 0.5) is 44.2 Å². The number of aryl methyl sites for hydroxylation is 2. The van der Waals surface area contributed by atoms with Crippen molar-refractivity contribution in [3.63, 3.8) is 0 Å². The number of hydrogen-bond acceptors (Lipinski definition) is 14. The number of carbonyl (C=O) groups is 4. The Kier molecular flexibility index (Phi) is 22.8. The molecule has 10 aromatic rings. The number of halogens is 1. The average Bonchev–Trinajstić information content (AvgIpc) is 1.61. The number of aliphatic hydroxyl groups excluding tert-OH is 1. The number of benzene rings is 6. The van der Waals surface area contributed by atoms with E-state index in [4.69, 9.17) is 51.7 Å². The average molecular weight is 1240 g/mol. The molecule has 0 aliphatic carbocycles. The summed E-state index contributed by atoms with van der Waals surface area (Å²) in [4.78, 5) is 72.0. The number of fused-ring (bicyclic) bond motifs is 2. The SMILES string of the molecule is CCC(=O)Cl.Cc1ccc(-n2nc(C(C)(C)C)cc2NC(=O)Nc2ccc(OCc3ccnc(N)c3)c3ccccc23)cc1.Cc1ccc(-n2nc(C(C)(C)C)cc2NC(=O)Nc2ccc(OCc3ccnc(NC(=O)CO)c3)c3ccccc23)cc1.O=C=O. The number of rotatable bonds is 15. The molecule has 8 N–H and O–H groups in total. The Labute approximate surface area is 526 Å². The predicted molar refractivity (Wildman–Crippen MR) is 351 cm³/mol. The summed E-state index contributed by atoms with van der Waals surface area (Å²) in [6.07, 6.45) is 3.90. The Morgan fingerprint density at radius 2 is 0.956 bits per heavy atom. The number of anilines is 6. The molecule has 10 rings (SSSR count). The number of nitrogens with one attached hydrogen (secondary N) is 5. The van der Waals surface area contributed by atoms with Crippen molar-refractivity contribution in [1.29, 1.82) is 0 Å². The topological polar surface area (TPSA) is 289 Å². The normalized spacial score (nSPS) is 10.8. The minimum atomic E-state index is -0.624. The second-order valence-corrected chi connectivity index (χ2v) is 22.9. The molecule has 4 heterocycles. The summed E-state index contributed by atoms with van der Waals surface area (Å²) in [7, 11) is 0. The van der Waals surface area contributed by atoms with Gasteiger partial charge < -0.3 is 36.3 Å². The van der Waals surface area contributed by atoms with Crippen LogP contribution in [-0.2, 0) is 43.2 Å². The van der Waals surface area contributed by atoms with E-state index in [0.717, 1.165) is 66.6 Å². The molecule has 0 fully saturated rings. The van der Waals surface area contributed by atoms with Gasteiger partial charge in [-0.3, -0.25) is 20.2 Å². The fourth-order valence-electron chi connectivity index (χ4n) is 8.71. The molecule has 0 radical (unpaired) electrons. The van der Waals surface area contributed by atoms with Gasteiger partial charge in [0.15, 0.2) is 0 Å². The Balaban J connectivity index is 0.000000230. The number of urea groups is 2. The minimum Gasteiger partial charge on any atom is -0.488 e. The van der Waals surface area contributed by atoms with E-state index in [2.05, 4.69) is 78.1 Å². The van der Waals surface area contributed by atoms with Crippen LogP contribution in [0.5, 0.6) is 11.5 Å². The highest BCUT2D eigenvalue weighted by molar-refractivity contribution is 6.63. The van der Waals surface area contributed by atoms with E-state index in [1.54, 1.807) is 52.9 Å². The minimum absolute atomic E-state index is 0.184. The molecular formula is C68H71ClN12O9. The third-order valence-corrected chi connectivity index (χ3v) is 13.7. The Morgan fingerprint density at radius 1 is 0.556 bits per heavy atom. The third kappa shape index (κ3) is 18.6. The maximum absolute atomic E-state index is 13.3. The third-order valence-electron chi connectivity index (χ3n) is 13.4. The van der Waals surface area contributed by atoms with Crippen LogP contribution >= 0.6 is 11.6 Å². The van der Waals surface area contributed by atoms with Crippen molar-refractivity contribution in [3.8, 4) is 22.9 Å². The summed E-state index contributed by atoms with van der Waals surface area (Å²) in [6.45, 7) is 18.3. The number of nitrogens with two attached hydrogens (primary N) is 1. The summed E-state index contributed by atoms with van der Waals surface area (Å²) in [5.41, 5.74) is 14.1. The molecular weight excluding hydrogens is 1160 g/mol. The van der Waals surface area contributed by atoms with E-state index in [1.165, 1.54) is 0 Å². The van der Waals surface area contributed by atoms with Crippen LogP contribution in [0.1, 0.15) is 88.5 Å². The second-order valence-electron chi connectivity index (χ2n) is 22.5. The van der Waals surface area contributed by atoms with Crippen molar-refractivity contribution < 1.29 is 43.3 Å². The van der Waals surface area contributed by atoms with Crippen LogP contribution in [0.3, 0.4) is 0 Å². The number of carbonyl (C=O) groups excluding carboxylic acids is 6. The van der Waals surface area contributed by atoms with Gasteiger partial charge in [-0.25, -0.2) is 28.9 Å². The molecule has 0 unspecified atom stereocenters. The molecule has 0 saturated heterocycles. The first-order valence-corrected chi connectivity index (χ1v) is 28.9. The van der Waals surface area contributed by atoms with Gasteiger partial charge in [0, 0.05) is 63.3 Å².